The number of amides is 1. The van der Waals surface area contributed by atoms with Gasteiger partial charge in [0.25, 0.3) is 16.0 Å². The second-order valence-electron chi connectivity index (χ2n) is 6.58. The number of hydrogen-bond donors (Lipinski definition) is 4. The molecule has 0 bridgehead atoms. The van der Waals surface area contributed by atoms with Crippen LogP contribution < -0.4 is 11.1 Å². The molecule has 1 aliphatic carbocycles. The lowest BCUT2D eigenvalue weighted by molar-refractivity contribution is 0.0975. The van der Waals surface area contributed by atoms with Crippen LogP contribution in [-0.2, 0) is 10.1 Å². The summed E-state index contributed by atoms with van der Waals surface area (Å²) in [5.74, 6) is -0.468. The minimum atomic E-state index is -3.67. The minimum absolute atomic E-state index is 0.298. The smallest absolute Gasteiger partial charge is 0.261 e. The molecule has 1 aromatic carbocycles. The largest absolute Gasteiger partial charge is 0.370 e. The van der Waals surface area contributed by atoms with Crippen molar-refractivity contribution in [2.75, 3.05) is 6.26 Å². The van der Waals surface area contributed by atoms with E-state index in [0.29, 0.717) is 17.7 Å². The van der Waals surface area contributed by atoms with Crippen molar-refractivity contribution in [3.8, 4) is 5.69 Å². The van der Waals surface area contributed by atoms with E-state index in [9.17, 15) is 13.2 Å². The van der Waals surface area contributed by atoms with Gasteiger partial charge >= 0.3 is 0 Å². The number of guanidine groups is 1. The number of aromatic nitrogens is 3. The Kier molecular flexibility index (Phi) is 5.62. The summed E-state index contributed by atoms with van der Waals surface area (Å²) in [6, 6.07) is 9.72. The Morgan fingerprint density at radius 3 is 2.62 bits per heavy atom. The van der Waals surface area contributed by atoms with Gasteiger partial charge in [0, 0.05) is 17.5 Å². The van der Waals surface area contributed by atoms with E-state index in [0.717, 1.165) is 35.1 Å². The molecule has 5 N–H and O–H groups in total. The van der Waals surface area contributed by atoms with Gasteiger partial charge in [0.15, 0.2) is 5.96 Å². The van der Waals surface area contributed by atoms with Crippen molar-refractivity contribution in [1.29, 1.82) is 5.41 Å². The first-order valence-electron chi connectivity index (χ1n) is 8.65. The fraction of sp³-hybridized carbons (Fsp3) is 0.222. The number of fused-ring (bicyclic) bond motifs is 1. The Morgan fingerprint density at radius 1 is 1.31 bits per heavy atom. The first-order valence-corrected chi connectivity index (χ1v) is 10.5. The summed E-state index contributed by atoms with van der Waals surface area (Å²) in [5, 5.41) is 15.0. The van der Waals surface area contributed by atoms with Gasteiger partial charge in [0.05, 0.1) is 34.9 Å². The zero-order valence-electron chi connectivity index (χ0n) is 15.5. The summed E-state index contributed by atoms with van der Waals surface area (Å²) < 4.78 is 27.7. The van der Waals surface area contributed by atoms with Crippen molar-refractivity contribution >= 4 is 32.9 Å². The van der Waals surface area contributed by atoms with Crippen molar-refractivity contribution in [2.24, 2.45) is 5.73 Å². The van der Waals surface area contributed by atoms with Gasteiger partial charge in [-0.3, -0.25) is 25.1 Å². The second kappa shape index (κ2) is 7.97. The maximum atomic E-state index is 12.3. The van der Waals surface area contributed by atoms with E-state index in [1.807, 2.05) is 35.0 Å². The highest BCUT2D eigenvalue weighted by molar-refractivity contribution is 7.85. The van der Waals surface area contributed by atoms with E-state index < -0.39 is 16.0 Å². The molecule has 1 fully saturated rings. The van der Waals surface area contributed by atoms with Crippen molar-refractivity contribution in [3.63, 3.8) is 0 Å². The van der Waals surface area contributed by atoms with Crippen LogP contribution in [0, 0.1) is 5.41 Å². The standard InChI is InChI=1S/C17H16N6O.CH4O3S/c18-17(19)22-16(24)12-9-21-23(15(12)10-6-7-10)14-5-1-4-13-11(14)3-2-8-20-13;1-5(2,3)4/h1-5,8-10H,6-7H2,(H4,18,19,22,24);1H3,(H,2,3,4). The molecule has 0 unspecified atom stereocenters. The van der Waals surface area contributed by atoms with E-state index in [1.54, 1.807) is 12.4 Å². The molecule has 29 heavy (non-hydrogen) atoms. The highest BCUT2D eigenvalue weighted by atomic mass is 32.2. The molecule has 10 nitrogen and oxygen atoms in total. The van der Waals surface area contributed by atoms with E-state index in [2.05, 4.69) is 15.4 Å². The lowest BCUT2D eigenvalue weighted by atomic mass is 10.1. The van der Waals surface area contributed by atoms with Crippen LogP contribution >= 0.6 is 0 Å². The Bertz CT molecular complexity index is 1170. The second-order valence-corrected chi connectivity index (χ2v) is 8.04. The number of carbonyl (C=O) groups excluding carboxylic acids is 1. The van der Waals surface area contributed by atoms with Crippen LogP contribution in [0.1, 0.15) is 34.8 Å². The quantitative estimate of drug-likeness (QED) is 0.285. The SMILES string of the molecule is CS(=O)(=O)O.N=C(N)NC(=O)c1cnn(-c2cccc3ncccc23)c1C1CC1. The van der Waals surface area contributed by atoms with E-state index in [-0.39, 0.29) is 5.96 Å². The first-order chi connectivity index (χ1) is 13.6. The molecule has 1 aliphatic rings. The van der Waals surface area contributed by atoms with E-state index >= 15 is 0 Å². The number of nitrogens with zero attached hydrogens (tertiary/aromatic N) is 3. The predicted octanol–water partition coefficient (Wildman–Crippen LogP) is 1.43. The Balaban J connectivity index is 0.000000431. The predicted molar refractivity (Wildman–Crippen MR) is 108 cm³/mol. The molecule has 3 aromatic rings. The summed E-state index contributed by atoms with van der Waals surface area (Å²) in [6.45, 7) is 0. The van der Waals surface area contributed by atoms with E-state index in [4.69, 9.17) is 15.7 Å². The molecule has 11 heteroatoms. The zero-order valence-corrected chi connectivity index (χ0v) is 16.3. The molecular formula is C18H20N6O4S. The number of carbonyl (C=O) groups is 1. The lowest BCUT2D eigenvalue weighted by Gasteiger charge is -2.11. The number of hydrogen-bond acceptors (Lipinski definition) is 6. The van der Waals surface area contributed by atoms with Crippen molar-refractivity contribution in [3.05, 3.63) is 54.0 Å². The van der Waals surface area contributed by atoms with Crippen molar-refractivity contribution < 1.29 is 17.8 Å². The van der Waals surface area contributed by atoms with Crippen LogP contribution in [-0.4, -0.2) is 45.9 Å². The van der Waals surface area contributed by atoms with E-state index in [1.165, 1.54) is 0 Å². The topological polar surface area (TPSA) is 164 Å². The molecule has 152 valence electrons. The maximum Gasteiger partial charge on any atom is 0.261 e. The van der Waals surface area contributed by atoms with Gasteiger partial charge in [0.2, 0.25) is 0 Å². The number of nitrogens with one attached hydrogen (secondary N) is 2. The number of nitrogens with two attached hydrogens (primary N) is 1. The molecule has 2 heterocycles. The Labute approximate surface area is 167 Å². The molecular weight excluding hydrogens is 396 g/mol. The summed E-state index contributed by atoms with van der Waals surface area (Å²) in [5.41, 5.74) is 8.38. The highest BCUT2D eigenvalue weighted by Gasteiger charge is 2.33. The van der Waals surface area contributed by atoms with Crippen LogP contribution in [0.3, 0.4) is 0 Å². The molecule has 1 amide bonds. The summed E-state index contributed by atoms with van der Waals surface area (Å²) in [7, 11) is -3.67. The van der Waals surface area contributed by atoms with Crippen LogP contribution in [0.4, 0.5) is 0 Å². The molecule has 0 saturated heterocycles. The maximum absolute atomic E-state index is 12.3. The third-order valence-electron chi connectivity index (χ3n) is 4.11. The first kappa shape index (κ1) is 20.4. The molecule has 2 aromatic heterocycles. The number of pyridine rings is 1. The zero-order chi connectivity index (χ0) is 21.2. The third-order valence-corrected chi connectivity index (χ3v) is 4.11. The van der Waals surface area contributed by atoms with Crippen LogP contribution in [0.2, 0.25) is 0 Å². The van der Waals surface area contributed by atoms with Gasteiger partial charge in [-0.2, -0.15) is 13.5 Å². The fourth-order valence-electron chi connectivity index (χ4n) is 2.94. The average molecular weight is 416 g/mol. The Morgan fingerprint density at radius 2 is 2.00 bits per heavy atom. The van der Waals surface area contributed by atoms with Crippen LogP contribution in [0.25, 0.3) is 16.6 Å². The normalized spacial score (nSPS) is 13.4. The third kappa shape index (κ3) is 5.15. The lowest BCUT2D eigenvalue weighted by Crippen LogP contribution is -2.36. The number of rotatable bonds is 3. The van der Waals surface area contributed by atoms with Gasteiger partial charge < -0.3 is 5.73 Å². The molecule has 1 saturated carbocycles. The van der Waals surface area contributed by atoms with Gasteiger partial charge in [-0.25, -0.2) is 4.68 Å². The van der Waals surface area contributed by atoms with Crippen molar-refractivity contribution in [1.82, 2.24) is 20.1 Å². The molecule has 0 radical (unpaired) electrons. The summed E-state index contributed by atoms with van der Waals surface area (Å²) in [6.07, 6.45) is 6.06. The van der Waals surface area contributed by atoms with Gasteiger partial charge in [0.1, 0.15) is 0 Å². The Hall–Kier alpha value is -3.31. The molecule has 0 spiro atoms. The van der Waals surface area contributed by atoms with Gasteiger partial charge in [-0.1, -0.05) is 6.07 Å². The van der Waals surface area contributed by atoms with Crippen LogP contribution in [0.5, 0.6) is 0 Å². The van der Waals surface area contributed by atoms with Crippen molar-refractivity contribution in [2.45, 2.75) is 18.8 Å². The fourth-order valence-corrected chi connectivity index (χ4v) is 2.94. The monoisotopic (exact) mass is 416 g/mol. The average Bonchev–Trinajstić information content (AvgIpc) is 3.37. The molecule has 0 atom stereocenters. The van der Waals surface area contributed by atoms with Crippen LogP contribution in [0.15, 0.2) is 42.7 Å². The van der Waals surface area contributed by atoms with Gasteiger partial charge in [-0.05, 0) is 37.1 Å². The minimum Gasteiger partial charge on any atom is -0.370 e. The number of benzene rings is 1. The highest BCUT2D eigenvalue weighted by Crippen LogP contribution is 2.43. The summed E-state index contributed by atoms with van der Waals surface area (Å²) >= 11 is 0. The van der Waals surface area contributed by atoms with Gasteiger partial charge in [-0.15, -0.1) is 0 Å². The molecule has 0 aliphatic heterocycles. The summed E-state index contributed by atoms with van der Waals surface area (Å²) in [4.78, 5) is 16.7. The molecule has 4 rings (SSSR count).